The smallest absolute Gasteiger partial charge is 0.311 e. The average molecular weight is 368 g/mol. The Morgan fingerprint density at radius 3 is 2.32 bits per heavy atom. The van der Waals surface area contributed by atoms with E-state index in [9.17, 15) is 18.3 Å². The van der Waals surface area contributed by atoms with E-state index < -0.39 is 21.4 Å². The quantitative estimate of drug-likeness (QED) is 0.831. The van der Waals surface area contributed by atoms with Gasteiger partial charge in [-0.05, 0) is 25.0 Å². The molecule has 2 rings (SSSR count). The molecule has 0 aliphatic carbocycles. The molecular weight excluding hydrogens is 353 g/mol. The van der Waals surface area contributed by atoms with Crippen LogP contribution in [0.3, 0.4) is 0 Å². The summed E-state index contributed by atoms with van der Waals surface area (Å²) in [6, 6.07) is 4.34. The van der Waals surface area contributed by atoms with E-state index >= 15 is 0 Å². The van der Waals surface area contributed by atoms with E-state index in [0.717, 1.165) is 0 Å². The van der Waals surface area contributed by atoms with Crippen LogP contribution in [0.25, 0.3) is 0 Å². The molecule has 0 amide bonds. The molecule has 0 aromatic heterocycles. The topological polar surface area (TPSA) is 92.7 Å². The van der Waals surface area contributed by atoms with Gasteiger partial charge in [-0.25, -0.2) is 13.1 Å². The molecule has 1 aliphatic rings. The molecule has 1 aliphatic heterocycles. The van der Waals surface area contributed by atoms with Gasteiger partial charge >= 0.3 is 5.97 Å². The Hall–Kier alpha value is -0.860. The number of rotatable bonds is 5. The van der Waals surface area contributed by atoms with E-state index in [-0.39, 0.29) is 47.5 Å². The summed E-state index contributed by atoms with van der Waals surface area (Å²) < 4.78 is 32.2. The molecule has 6 nitrogen and oxygen atoms in total. The second-order valence-electron chi connectivity index (χ2n) is 5.07. The lowest BCUT2D eigenvalue weighted by atomic mass is 9.80. The fourth-order valence-corrected chi connectivity index (χ4v) is 4.54. The van der Waals surface area contributed by atoms with Crippen molar-refractivity contribution < 1.29 is 23.1 Å². The molecule has 1 aromatic carbocycles. The van der Waals surface area contributed by atoms with Crippen molar-refractivity contribution in [2.75, 3.05) is 19.8 Å². The van der Waals surface area contributed by atoms with Crippen LogP contribution < -0.4 is 4.72 Å². The maximum Gasteiger partial charge on any atom is 0.311 e. The van der Waals surface area contributed by atoms with Gasteiger partial charge in [-0.15, -0.1) is 0 Å². The highest BCUT2D eigenvalue weighted by molar-refractivity contribution is 7.89. The number of hydrogen-bond acceptors (Lipinski definition) is 4. The van der Waals surface area contributed by atoms with Crippen LogP contribution in [0, 0.1) is 5.41 Å². The summed E-state index contributed by atoms with van der Waals surface area (Å²) in [5, 5.41) is 9.39. The lowest BCUT2D eigenvalue weighted by Gasteiger charge is -2.33. The predicted octanol–water partition coefficient (Wildman–Crippen LogP) is 2.15. The van der Waals surface area contributed by atoms with Crippen LogP contribution in [0.15, 0.2) is 23.1 Å². The molecule has 9 heteroatoms. The molecule has 0 saturated carbocycles. The van der Waals surface area contributed by atoms with Gasteiger partial charge in [0.25, 0.3) is 0 Å². The highest BCUT2D eigenvalue weighted by atomic mass is 35.5. The minimum Gasteiger partial charge on any atom is -0.481 e. The zero-order chi connectivity index (χ0) is 16.4. The lowest BCUT2D eigenvalue weighted by molar-refractivity contribution is -0.154. The number of sulfonamides is 1. The van der Waals surface area contributed by atoms with Crippen molar-refractivity contribution in [3.63, 3.8) is 0 Å². The van der Waals surface area contributed by atoms with Gasteiger partial charge in [0.05, 0.1) is 15.5 Å². The van der Waals surface area contributed by atoms with Gasteiger partial charge in [-0.3, -0.25) is 4.79 Å². The molecule has 0 radical (unpaired) electrons. The SMILES string of the molecule is O=C(O)C1(CNS(=O)(=O)c2c(Cl)cccc2Cl)CCOCC1. The number of benzene rings is 1. The van der Waals surface area contributed by atoms with Gasteiger partial charge in [-0.2, -0.15) is 0 Å². The van der Waals surface area contributed by atoms with Crippen molar-refractivity contribution in [1.82, 2.24) is 4.72 Å². The maximum absolute atomic E-state index is 12.4. The first-order chi connectivity index (χ1) is 10.3. The van der Waals surface area contributed by atoms with Gasteiger partial charge in [0.2, 0.25) is 10.0 Å². The average Bonchev–Trinajstić information content (AvgIpc) is 2.46. The number of aliphatic carboxylic acids is 1. The van der Waals surface area contributed by atoms with Crippen molar-refractivity contribution in [1.29, 1.82) is 0 Å². The van der Waals surface area contributed by atoms with Crippen LogP contribution in [0.4, 0.5) is 0 Å². The minimum absolute atomic E-state index is 0.0173. The molecule has 0 atom stereocenters. The molecule has 1 heterocycles. The normalized spacial score (nSPS) is 18.1. The Balaban J connectivity index is 2.24. The number of halogens is 2. The van der Waals surface area contributed by atoms with Gasteiger partial charge < -0.3 is 9.84 Å². The standard InChI is InChI=1S/C13H15Cl2NO5S/c14-9-2-1-3-10(15)11(9)22(19,20)16-8-13(12(17)18)4-6-21-7-5-13/h1-3,16H,4-8H2,(H,17,18). The van der Waals surface area contributed by atoms with Crippen molar-refractivity contribution in [3.05, 3.63) is 28.2 Å². The number of hydrogen-bond donors (Lipinski definition) is 2. The van der Waals surface area contributed by atoms with E-state index in [4.69, 9.17) is 27.9 Å². The Labute approximate surface area is 138 Å². The van der Waals surface area contributed by atoms with E-state index in [2.05, 4.69) is 4.72 Å². The Morgan fingerprint density at radius 1 is 1.27 bits per heavy atom. The Morgan fingerprint density at radius 2 is 1.82 bits per heavy atom. The fraction of sp³-hybridized carbons (Fsp3) is 0.462. The fourth-order valence-electron chi connectivity index (χ4n) is 2.27. The molecule has 0 bridgehead atoms. The molecule has 1 fully saturated rings. The summed E-state index contributed by atoms with van der Waals surface area (Å²) in [5.74, 6) is -1.05. The minimum atomic E-state index is -4.01. The highest BCUT2D eigenvalue weighted by Crippen LogP contribution is 2.32. The van der Waals surface area contributed by atoms with Crippen LogP contribution in [0.5, 0.6) is 0 Å². The van der Waals surface area contributed by atoms with Gasteiger partial charge in [0, 0.05) is 19.8 Å². The first kappa shape index (κ1) is 17.5. The molecule has 0 unspecified atom stereocenters. The van der Waals surface area contributed by atoms with E-state index in [1.165, 1.54) is 18.2 Å². The second kappa shape index (κ2) is 6.72. The summed E-state index contributed by atoms with van der Waals surface area (Å²) in [5.41, 5.74) is -1.18. The first-order valence-corrected chi connectivity index (χ1v) is 8.77. The molecule has 2 N–H and O–H groups in total. The largest absolute Gasteiger partial charge is 0.481 e. The van der Waals surface area contributed by atoms with Crippen LogP contribution >= 0.6 is 23.2 Å². The first-order valence-electron chi connectivity index (χ1n) is 6.53. The molecule has 1 aromatic rings. The summed E-state index contributed by atoms with van der Waals surface area (Å²) >= 11 is 11.8. The summed E-state index contributed by atoms with van der Waals surface area (Å²) in [4.78, 5) is 11.3. The Bertz CT molecular complexity index is 651. The number of carboxylic acid groups (broad SMARTS) is 1. The van der Waals surface area contributed by atoms with Gasteiger partial charge in [0.1, 0.15) is 4.90 Å². The monoisotopic (exact) mass is 367 g/mol. The number of ether oxygens (including phenoxy) is 1. The van der Waals surface area contributed by atoms with Crippen molar-refractivity contribution in [2.24, 2.45) is 5.41 Å². The zero-order valence-electron chi connectivity index (χ0n) is 11.5. The lowest BCUT2D eigenvalue weighted by Crippen LogP contribution is -2.46. The number of carbonyl (C=O) groups is 1. The van der Waals surface area contributed by atoms with Crippen LogP contribution in [-0.2, 0) is 19.6 Å². The predicted molar refractivity (Wildman–Crippen MR) is 81.8 cm³/mol. The van der Waals surface area contributed by atoms with Crippen molar-refractivity contribution in [3.8, 4) is 0 Å². The summed E-state index contributed by atoms with van der Waals surface area (Å²) in [7, 11) is -4.01. The maximum atomic E-state index is 12.4. The molecular formula is C13H15Cl2NO5S. The second-order valence-corrected chi connectivity index (χ2v) is 7.59. The van der Waals surface area contributed by atoms with Gasteiger partial charge in [0.15, 0.2) is 0 Å². The van der Waals surface area contributed by atoms with Crippen molar-refractivity contribution in [2.45, 2.75) is 17.7 Å². The zero-order valence-corrected chi connectivity index (χ0v) is 13.8. The molecule has 122 valence electrons. The third-order valence-electron chi connectivity index (χ3n) is 3.69. The van der Waals surface area contributed by atoms with Crippen LogP contribution in [0.2, 0.25) is 10.0 Å². The molecule has 0 spiro atoms. The van der Waals surface area contributed by atoms with E-state index in [1.807, 2.05) is 0 Å². The van der Waals surface area contributed by atoms with Gasteiger partial charge in [-0.1, -0.05) is 29.3 Å². The van der Waals surface area contributed by atoms with Crippen molar-refractivity contribution >= 4 is 39.2 Å². The van der Waals surface area contributed by atoms with Crippen LogP contribution in [-0.4, -0.2) is 39.3 Å². The van der Waals surface area contributed by atoms with E-state index in [1.54, 1.807) is 0 Å². The number of nitrogens with one attached hydrogen (secondary N) is 1. The summed E-state index contributed by atoms with van der Waals surface area (Å²) in [6.45, 7) is 0.317. The molecule has 22 heavy (non-hydrogen) atoms. The number of carboxylic acids is 1. The van der Waals surface area contributed by atoms with E-state index in [0.29, 0.717) is 0 Å². The van der Waals surface area contributed by atoms with Crippen LogP contribution in [0.1, 0.15) is 12.8 Å². The Kier molecular flexibility index (Phi) is 5.34. The molecule has 1 saturated heterocycles. The highest BCUT2D eigenvalue weighted by Gasteiger charge is 2.41. The third-order valence-corrected chi connectivity index (χ3v) is 6.05. The summed E-state index contributed by atoms with van der Waals surface area (Å²) in [6.07, 6.45) is 0.474. The third kappa shape index (κ3) is 3.55.